The van der Waals surface area contributed by atoms with E-state index in [1.165, 1.54) is 33.5 Å². The Morgan fingerprint density at radius 3 is 2.38 bits per heavy atom. The number of ether oxygens (including phenoxy) is 4. The van der Waals surface area contributed by atoms with Crippen molar-refractivity contribution in [1.82, 2.24) is 4.90 Å². The predicted octanol–water partition coefficient (Wildman–Crippen LogP) is 3.69. The Balaban J connectivity index is 1.71. The Kier molecular flexibility index (Phi) is 3.32. The first-order chi connectivity index (χ1) is 12.7. The lowest BCUT2D eigenvalue weighted by molar-refractivity contribution is 0.174. The molecule has 26 heavy (non-hydrogen) atoms. The zero-order valence-electron chi connectivity index (χ0n) is 15.2. The number of hydrogen-bond acceptors (Lipinski definition) is 5. The number of methoxy groups -OCH3 is 2. The standard InChI is InChI=1S/C21H21NO4/c1-12-15-8-18(24-3)17(23-2)7-14(15)10-22-5-4-13-6-19-20(26-11-25-19)9-16(13)21(12)22/h6-9H,4-5,10-11H2,1-3H3. The van der Waals surface area contributed by atoms with Crippen LogP contribution in [0.3, 0.4) is 0 Å². The van der Waals surface area contributed by atoms with Crippen molar-refractivity contribution in [1.29, 1.82) is 0 Å². The summed E-state index contributed by atoms with van der Waals surface area (Å²) in [5, 5.41) is 0. The second kappa shape index (κ2) is 5.59. The fourth-order valence-electron chi connectivity index (χ4n) is 4.28. The van der Waals surface area contributed by atoms with Crippen molar-refractivity contribution in [2.45, 2.75) is 19.9 Å². The summed E-state index contributed by atoms with van der Waals surface area (Å²) in [6, 6.07) is 8.46. The van der Waals surface area contributed by atoms with Crippen molar-refractivity contribution in [3.63, 3.8) is 0 Å². The largest absolute Gasteiger partial charge is 0.493 e. The third-order valence-electron chi connectivity index (χ3n) is 5.55. The minimum absolute atomic E-state index is 0.305. The molecule has 0 amide bonds. The van der Waals surface area contributed by atoms with E-state index >= 15 is 0 Å². The van der Waals surface area contributed by atoms with E-state index in [0.717, 1.165) is 42.5 Å². The Bertz CT molecular complexity index is 948. The molecule has 0 saturated carbocycles. The molecule has 3 aliphatic heterocycles. The van der Waals surface area contributed by atoms with Crippen LogP contribution in [0.2, 0.25) is 0 Å². The molecule has 0 fully saturated rings. The maximum atomic E-state index is 5.62. The monoisotopic (exact) mass is 351 g/mol. The molecule has 0 aromatic heterocycles. The number of nitrogens with zero attached hydrogens (tertiary/aromatic N) is 1. The topological polar surface area (TPSA) is 40.2 Å². The van der Waals surface area contributed by atoms with Gasteiger partial charge in [-0.3, -0.25) is 0 Å². The van der Waals surface area contributed by atoms with Gasteiger partial charge in [-0.25, -0.2) is 0 Å². The Hall–Kier alpha value is -2.82. The van der Waals surface area contributed by atoms with Gasteiger partial charge in [0, 0.05) is 24.4 Å². The molecule has 3 heterocycles. The van der Waals surface area contributed by atoms with Crippen LogP contribution in [0.1, 0.15) is 29.2 Å². The van der Waals surface area contributed by atoms with Crippen molar-refractivity contribution in [3.05, 3.63) is 46.5 Å². The first kappa shape index (κ1) is 15.4. The molecule has 0 spiro atoms. The van der Waals surface area contributed by atoms with Gasteiger partial charge in [0.15, 0.2) is 23.0 Å². The van der Waals surface area contributed by atoms with Gasteiger partial charge in [-0.15, -0.1) is 0 Å². The lowest BCUT2D eigenvalue weighted by Gasteiger charge is -2.39. The highest BCUT2D eigenvalue weighted by molar-refractivity contribution is 5.94. The molecular formula is C21H21NO4. The third-order valence-corrected chi connectivity index (χ3v) is 5.55. The summed E-state index contributed by atoms with van der Waals surface area (Å²) in [4.78, 5) is 2.45. The summed E-state index contributed by atoms with van der Waals surface area (Å²) in [6.45, 7) is 4.36. The molecule has 0 N–H and O–H groups in total. The van der Waals surface area contributed by atoms with Crippen molar-refractivity contribution in [2.75, 3.05) is 27.6 Å². The van der Waals surface area contributed by atoms with Gasteiger partial charge in [-0.1, -0.05) is 0 Å². The van der Waals surface area contributed by atoms with Gasteiger partial charge in [0.25, 0.3) is 0 Å². The molecule has 0 aliphatic carbocycles. The highest BCUT2D eigenvalue weighted by Crippen LogP contribution is 2.46. The van der Waals surface area contributed by atoms with E-state index in [1.807, 2.05) is 0 Å². The summed E-state index contributed by atoms with van der Waals surface area (Å²) in [7, 11) is 3.36. The van der Waals surface area contributed by atoms with Gasteiger partial charge in [-0.2, -0.15) is 0 Å². The van der Waals surface area contributed by atoms with E-state index in [-0.39, 0.29) is 0 Å². The molecule has 134 valence electrons. The van der Waals surface area contributed by atoms with Gasteiger partial charge in [-0.05, 0) is 59.9 Å². The van der Waals surface area contributed by atoms with Crippen LogP contribution in [-0.2, 0) is 13.0 Å². The lowest BCUT2D eigenvalue weighted by Crippen LogP contribution is -2.32. The summed E-state index contributed by atoms with van der Waals surface area (Å²) in [5.74, 6) is 3.24. The quantitative estimate of drug-likeness (QED) is 0.825. The predicted molar refractivity (Wildman–Crippen MR) is 98.7 cm³/mol. The van der Waals surface area contributed by atoms with Crippen LogP contribution in [0.15, 0.2) is 24.3 Å². The molecular weight excluding hydrogens is 330 g/mol. The molecule has 0 radical (unpaired) electrons. The van der Waals surface area contributed by atoms with Crippen molar-refractivity contribution < 1.29 is 18.9 Å². The van der Waals surface area contributed by atoms with E-state index in [4.69, 9.17) is 18.9 Å². The smallest absolute Gasteiger partial charge is 0.231 e. The van der Waals surface area contributed by atoms with Crippen LogP contribution in [0, 0.1) is 0 Å². The molecule has 5 nitrogen and oxygen atoms in total. The van der Waals surface area contributed by atoms with Crippen molar-refractivity contribution >= 4 is 11.3 Å². The number of benzene rings is 2. The Morgan fingerprint density at radius 1 is 0.885 bits per heavy atom. The van der Waals surface area contributed by atoms with Gasteiger partial charge >= 0.3 is 0 Å². The van der Waals surface area contributed by atoms with E-state index in [0.29, 0.717) is 6.79 Å². The number of rotatable bonds is 2. The fraction of sp³-hybridized carbons (Fsp3) is 0.333. The zero-order chi connectivity index (χ0) is 17.8. The number of fused-ring (bicyclic) bond motifs is 5. The van der Waals surface area contributed by atoms with Crippen LogP contribution < -0.4 is 18.9 Å². The summed E-state index contributed by atoms with van der Waals surface area (Å²) >= 11 is 0. The number of hydrogen-bond donors (Lipinski definition) is 0. The molecule has 5 rings (SSSR count). The molecule has 0 saturated heterocycles. The van der Waals surface area contributed by atoms with E-state index < -0.39 is 0 Å². The van der Waals surface area contributed by atoms with E-state index in [9.17, 15) is 0 Å². The van der Waals surface area contributed by atoms with Crippen LogP contribution >= 0.6 is 0 Å². The Morgan fingerprint density at radius 2 is 1.62 bits per heavy atom. The molecule has 2 aromatic carbocycles. The van der Waals surface area contributed by atoms with Crippen LogP contribution in [-0.4, -0.2) is 32.5 Å². The summed E-state index contributed by atoms with van der Waals surface area (Å²) in [6.07, 6.45) is 1.01. The van der Waals surface area contributed by atoms with Gasteiger partial charge in [0.05, 0.1) is 14.2 Å². The minimum Gasteiger partial charge on any atom is -0.493 e. The molecule has 0 unspecified atom stereocenters. The highest BCUT2D eigenvalue weighted by atomic mass is 16.7. The van der Waals surface area contributed by atoms with Crippen molar-refractivity contribution in [3.8, 4) is 23.0 Å². The molecule has 0 atom stereocenters. The van der Waals surface area contributed by atoms with Gasteiger partial charge in [0.2, 0.25) is 6.79 Å². The maximum absolute atomic E-state index is 5.62. The summed E-state index contributed by atoms with van der Waals surface area (Å²) < 4.78 is 22.2. The number of allylic oxidation sites excluding steroid dienone is 1. The van der Waals surface area contributed by atoms with Gasteiger partial charge < -0.3 is 23.8 Å². The molecule has 3 aliphatic rings. The molecule has 2 aromatic rings. The molecule has 5 heteroatoms. The second-order valence-electron chi connectivity index (χ2n) is 6.87. The highest BCUT2D eigenvalue weighted by Gasteiger charge is 2.31. The average molecular weight is 351 g/mol. The minimum atomic E-state index is 0.305. The third kappa shape index (κ3) is 2.09. The van der Waals surface area contributed by atoms with E-state index in [2.05, 4.69) is 36.1 Å². The maximum Gasteiger partial charge on any atom is 0.231 e. The van der Waals surface area contributed by atoms with Crippen LogP contribution in [0.25, 0.3) is 11.3 Å². The van der Waals surface area contributed by atoms with Crippen LogP contribution in [0.5, 0.6) is 23.0 Å². The SMILES string of the molecule is COc1cc2c(cc1OC)C(C)=C1c3cc4c(cc3CCN1C2)OCO4. The first-order valence-electron chi connectivity index (χ1n) is 8.83. The normalized spacial score (nSPS) is 16.8. The second-order valence-corrected chi connectivity index (χ2v) is 6.87. The fourth-order valence-corrected chi connectivity index (χ4v) is 4.28. The molecule has 0 bridgehead atoms. The van der Waals surface area contributed by atoms with Crippen LogP contribution in [0.4, 0.5) is 0 Å². The van der Waals surface area contributed by atoms with E-state index in [1.54, 1.807) is 14.2 Å². The van der Waals surface area contributed by atoms with Gasteiger partial charge in [0.1, 0.15) is 0 Å². The average Bonchev–Trinajstić information content (AvgIpc) is 3.12. The zero-order valence-corrected chi connectivity index (χ0v) is 15.2. The van der Waals surface area contributed by atoms with Crippen molar-refractivity contribution in [2.24, 2.45) is 0 Å². The summed E-state index contributed by atoms with van der Waals surface area (Å²) in [5.41, 5.74) is 7.60. The lowest BCUT2D eigenvalue weighted by atomic mass is 9.86. The first-order valence-corrected chi connectivity index (χ1v) is 8.83. The Labute approximate surface area is 152 Å².